The van der Waals surface area contributed by atoms with Crippen LogP contribution >= 0.6 is 0 Å². The van der Waals surface area contributed by atoms with Crippen molar-refractivity contribution in [2.75, 3.05) is 6.61 Å². The Bertz CT molecular complexity index is 305. The van der Waals surface area contributed by atoms with Gasteiger partial charge in [-0.05, 0) is 13.3 Å². The Balaban J connectivity index is 2.63. The quantitative estimate of drug-likeness (QED) is 0.738. The maximum absolute atomic E-state index is 11.5. The summed E-state index contributed by atoms with van der Waals surface area (Å²) >= 11 is 0. The van der Waals surface area contributed by atoms with Crippen molar-refractivity contribution in [3.63, 3.8) is 0 Å². The lowest BCUT2D eigenvalue weighted by atomic mass is 10.2. The molecule has 1 aromatic heterocycles. The molecule has 5 heteroatoms. The molecule has 78 valence electrons. The van der Waals surface area contributed by atoms with E-state index in [1.807, 2.05) is 6.92 Å². The maximum Gasteiger partial charge on any atom is 0.256 e. The van der Waals surface area contributed by atoms with Crippen molar-refractivity contribution in [3.8, 4) is 0 Å². The average molecular weight is 198 g/mol. The minimum atomic E-state index is -0.260. The number of nitrogens with one attached hydrogen (secondary N) is 1. The summed E-state index contributed by atoms with van der Waals surface area (Å²) in [4.78, 5) is 11.5. The summed E-state index contributed by atoms with van der Waals surface area (Å²) in [6, 6.07) is -0.211. The van der Waals surface area contributed by atoms with E-state index in [9.17, 15) is 4.79 Å². The summed E-state index contributed by atoms with van der Waals surface area (Å²) in [6.45, 7) is 3.50. The molecule has 1 amide bonds. The highest BCUT2D eigenvalue weighted by Crippen LogP contribution is 2.06. The Hall–Kier alpha value is -1.36. The van der Waals surface area contributed by atoms with Crippen molar-refractivity contribution >= 4 is 5.91 Å². The predicted molar refractivity (Wildman–Crippen MR) is 49.9 cm³/mol. The van der Waals surface area contributed by atoms with Gasteiger partial charge in [-0.25, -0.2) is 0 Å². The molecule has 0 bridgehead atoms. The van der Waals surface area contributed by atoms with Crippen LogP contribution in [0.25, 0.3) is 0 Å². The second kappa shape index (κ2) is 4.76. The number of aryl methyl sites for hydroxylation is 1. The van der Waals surface area contributed by atoms with Gasteiger partial charge in [0.25, 0.3) is 5.91 Å². The standard InChI is InChI=1S/C9H14N2O3/c1-3-7(5-12)11-9(13)8-4-10-14-6(8)2/h4,7,12H,3,5H2,1-2H3,(H,11,13)/t7-/m1/s1. The van der Waals surface area contributed by atoms with Crippen molar-refractivity contribution in [2.24, 2.45) is 0 Å². The van der Waals surface area contributed by atoms with Gasteiger partial charge in [-0.1, -0.05) is 12.1 Å². The molecule has 0 aliphatic rings. The highest BCUT2D eigenvalue weighted by molar-refractivity contribution is 5.94. The van der Waals surface area contributed by atoms with Gasteiger partial charge in [0.05, 0.1) is 18.8 Å². The minimum Gasteiger partial charge on any atom is -0.394 e. The largest absolute Gasteiger partial charge is 0.394 e. The summed E-state index contributed by atoms with van der Waals surface area (Å²) in [6.07, 6.45) is 2.06. The summed E-state index contributed by atoms with van der Waals surface area (Å²) < 4.78 is 4.76. The molecule has 14 heavy (non-hydrogen) atoms. The van der Waals surface area contributed by atoms with Crippen LogP contribution in [0.5, 0.6) is 0 Å². The van der Waals surface area contributed by atoms with E-state index in [1.54, 1.807) is 6.92 Å². The summed E-state index contributed by atoms with van der Waals surface area (Å²) in [5.74, 6) is 0.222. The zero-order valence-corrected chi connectivity index (χ0v) is 8.28. The molecule has 0 aliphatic carbocycles. The molecule has 0 saturated heterocycles. The average Bonchev–Trinajstić information content (AvgIpc) is 2.60. The molecular weight excluding hydrogens is 184 g/mol. The minimum absolute atomic E-state index is 0.0629. The second-order valence-electron chi connectivity index (χ2n) is 3.06. The number of aliphatic hydroxyl groups is 1. The van der Waals surface area contributed by atoms with Gasteiger partial charge in [0.2, 0.25) is 0 Å². The number of aromatic nitrogens is 1. The second-order valence-corrected chi connectivity index (χ2v) is 3.06. The first kappa shape index (κ1) is 10.7. The van der Waals surface area contributed by atoms with Gasteiger partial charge in [-0.3, -0.25) is 4.79 Å². The number of amides is 1. The fourth-order valence-corrected chi connectivity index (χ4v) is 1.06. The lowest BCUT2D eigenvalue weighted by Gasteiger charge is -2.12. The molecule has 1 heterocycles. The molecule has 0 unspecified atom stereocenters. The van der Waals surface area contributed by atoms with E-state index in [1.165, 1.54) is 6.20 Å². The highest BCUT2D eigenvalue weighted by atomic mass is 16.5. The third-order valence-electron chi connectivity index (χ3n) is 2.04. The Morgan fingerprint density at radius 3 is 2.93 bits per heavy atom. The Morgan fingerprint density at radius 2 is 2.50 bits per heavy atom. The lowest BCUT2D eigenvalue weighted by Crippen LogP contribution is -2.37. The maximum atomic E-state index is 11.5. The van der Waals surface area contributed by atoms with Crippen LogP contribution in [-0.4, -0.2) is 28.8 Å². The van der Waals surface area contributed by atoms with E-state index in [0.29, 0.717) is 17.7 Å². The molecular formula is C9H14N2O3. The van der Waals surface area contributed by atoms with Crippen LogP contribution in [0.15, 0.2) is 10.7 Å². The SMILES string of the molecule is CC[C@H](CO)NC(=O)c1cnoc1C. The molecule has 0 fully saturated rings. The van der Waals surface area contributed by atoms with Gasteiger partial charge in [-0.15, -0.1) is 0 Å². The van der Waals surface area contributed by atoms with Crippen LogP contribution in [-0.2, 0) is 0 Å². The number of aliphatic hydroxyl groups excluding tert-OH is 1. The van der Waals surface area contributed by atoms with Crippen LogP contribution in [0.4, 0.5) is 0 Å². The van der Waals surface area contributed by atoms with Crippen molar-refractivity contribution in [1.82, 2.24) is 10.5 Å². The van der Waals surface area contributed by atoms with E-state index >= 15 is 0 Å². The number of hydrogen-bond acceptors (Lipinski definition) is 4. The number of carbonyl (C=O) groups is 1. The van der Waals surface area contributed by atoms with Gasteiger partial charge in [0.1, 0.15) is 11.3 Å². The first-order chi connectivity index (χ1) is 6.69. The Morgan fingerprint density at radius 1 is 1.79 bits per heavy atom. The first-order valence-electron chi connectivity index (χ1n) is 4.52. The monoisotopic (exact) mass is 198 g/mol. The van der Waals surface area contributed by atoms with Gasteiger partial charge >= 0.3 is 0 Å². The Labute approximate surface area is 82.1 Å². The van der Waals surface area contributed by atoms with E-state index in [0.717, 1.165) is 0 Å². The molecule has 0 radical (unpaired) electrons. The summed E-state index contributed by atoms with van der Waals surface area (Å²) in [5, 5.41) is 15.1. The number of rotatable bonds is 4. The van der Waals surface area contributed by atoms with E-state index in [-0.39, 0.29) is 18.6 Å². The molecule has 1 rings (SSSR count). The van der Waals surface area contributed by atoms with Crippen molar-refractivity contribution in [3.05, 3.63) is 17.5 Å². The Kier molecular flexibility index (Phi) is 3.64. The molecule has 0 aliphatic heterocycles. The predicted octanol–water partition coefficient (Wildman–Crippen LogP) is 0.484. The van der Waals surface area contributed by atoms with Crippen LogP contribution < -0.4 is 5.32 Å². The van der Waals surface area contributed by atoms with Crippen LogP contribution in [0.3, 0.4) is 0 Å². The third-order valence-corrected chi connectivity index (χ3v) is 2.04. The van der Waals surface area contributed by atoms with Crippen molar-refractivity contribution in [2.45, 2.75) is 26.3 Å². The molecule has 0 aromatic carbocycles. The smallest absolute Gasteiger partial charge is 0.256 e. The topological polar surface area (TPSA) is 75.4 Å². The molecule has 0 saturated carbocycles. The van der Waals surface area contributed by atoms with Crippen molar-refractivity contribution < 1.29 is 14.4 Å². The zero-order chi connectivity index (χ0) is 10.6. The van der Waals surface area contributed by atoms with Crippen LogP contribution in [0.2, 0.25) is 0 Å². The summed E-state index contributed by atoms with van der Waals surface area (Å²) in [5.41, 5.74) is 0.414. The van der Waals surface area contributed by atoms with E-state index in [4.69, 9.17) is 9.63 Å². The van der Waals surface area contributed by atoms with E-state index < -0.39 is 0 Å². The van der Waals surface area contributed by atoms with E-state index in [2.05, 4.69) is 10.5 Å². The fourth-order valence-electron chi connectivity index (χ4n) is 1.06. The molecule has 1 aromatic rings. The summed E-state index contributed by atoms with van der Waals surface area (Å²) in [7, 11) is 0. The fraction of sp³-hybridized carbons (Fsp3) is 0.556. The van der Waals surface area contributed by atoms with Gasteiger partial charge in [0, 0.05) is 0 Å². The molecule has 5 nitrogen and oxygen atoms in total. The van der Waals surface area contributed by atoms with Gasteiger partial charge in [0.15, 0.2) is 0 Å². The van der Waals surface area contributed by atoms with Crippen molar-refractivity contribution in [1.29, 1.82) is 0 Å². The number of hydrogen-bond donors (Lipinski definition) is 2. The number of carbonyl (C=O) groups excluding carboxylic acids is 1. The molecule has 0 spiro atoms. The third kappa shape index (κ3) is 2.32. The van der Waals surface area contributed by atoms with Gasteiger partial charge < -0.3 is 14.9 Å². The van der Waals surface area contributed by atoms with Crippen LogP contribution in [0.1, 0.15) is 29.5 Å². The molecule has 1 atom stereocenters. The lowest BCUT2D eigenvalue weighted by molar-refractivity contribution is 0.0913. The van der Waals surface area contributed by atoms with Gasteiger partial charge in [-0.2, -0.15) is 0 Å². The van der Waals surface area contributed by atoms with Crippen LogP contribution in [0, 0.1) is 6.92 Å². The zero-order valence-electron chi connectivity index (χ0n) is 8.28. The molecule has 2 N–H and O–H groups in total. The normalized spacial score (nSPS) is 12.5. The highest BCUT2D eigenvalue weighted by Gasteiger charge is 2.15. The number of nitrogens with zero attached hydrogens (tertiary/aromatic N) is 1. The first-order valence-corrected chi connectivity index (χ1v) is 4.52.